The summed E-state index contributed by atoms with van der Waals surface area (Å²) in [7, 11) is 0. The number of urea groups is 1. The number of nitrogens with zero attached hydrogens (tertiary/aromatic N) is 4. The van der Waals surface area contributed by atoms with Crippen molar-refractivity contribution < 1.29 is 4.79 Å². The van der Waals surface area contributed by atoms with E-state index in [-0.39, 0.29) is 6.03 Å². The van der Waals surface area contributed by atoms with Crippen molar-refractivity contribution in [2.45, 2.75) is 12.8 Å². The highest BCUT2D eigenvalue weighted by atomic mass is 16.2. The zero-order chi connectivity index (χ0) is 9.80. The van der Waals surface area contributed by atoms with Crippen molar-refractivity contribution >= 4 is 18.7 Å². The molecule has 0 aromatic carbocycles. The minimum absolute atomic E-state index is 0.00287. The molecule has 0 atom stereocenters. The Morgan fingerprint density at radius 3 is 1.86 bits per heavy atom. The number of aliphatic imine (C=N–C) groups is 2. The molecule has 0 spiro atoms. The normalized spacial score (nSPS) is 21.4. The average Bonchev–Trinajstić information content (AvgIpc) is 2.30. The van der Waals surface area contributed by atoms with Crippen LogP contribution in [0.2, 0.25) is 0 Å². The topological polar surface area (TPSA) is 48.3 Å². The van der Waals surface area contributed by atoms with E-state index >= 15 is 0 Å². The van der Waals surface area contributed by atoms with Gasteiger partial charge < -0.3 is 0 Å². The Bertz CT molecular complexity index is 248. The van der Waals surface area contributed by atoms with Gasteiger partial charge in [0.2, 0.25) is 0 Å². The summed E-state index contributed by atoms with van der Waals surface area (Å²) >= 11 is 0. The average molecular weight is 194 g/mol. The lowest BCUT2D eigenvalue weighted by atomic mass is 10.3. The second kappa shape index (κ2) is 4.21. The molecule has 5 heteroatoms. The molecule has 0 fully saturated rings. The van der Waals surface area contributed by atoms with Crippen molar-refractivity contribution in [3.8, 4) is 0 Å². The van der Waals surface area contributed by atoms with Crippen LogP contribution in [0.5, 0.6) is 0 Å². The SMILES string of the molecule is O=C(N1C=NCCC1)N1C=NCCC1. The van der Waals surface area contributed by atoms with Crippen molar-refractivity contribution in [2.75, 3.05) is 26.2 Å². The molecule has 0 aliphatic carbocycles. The summed E-state index contributed by atoms with van der Waals surface area (Å²) in [6.45, 7) is 3.20. The van der Waals surface area contributed by atoms with Crippen LogP contribution < -0.4 is 0 Å². The van der Waals surface area contributed by atoms with E-state index in [9.17, 15) is 4.79 Å². The summed E-state index contributed by atoms with van der Waals surface area (Å²) in [4.78, 5) is 23.3. The highest BCUT2D eigenvalue weighted by Crippen LogP contribution is 2.04. The van der Waals surface area contributed by atoms with Crippen molar-refractivity contribution in [3.05, 3.63) is 0 Å². The lowest BCUT2D eigenvalue weighted by Crippen LogP contribution is -2.45. The summed E-state index contributed by atoms with van der Waals surface area (Å²) in [5.74, 6) is 0. The highest BCUT2D eigenvalue weighted by molar-refractivity contribution is 5.93. The zero-order valence-electron chi connectivity index (χ0n) is 8.09. The molecule has 2 heterocycles. The molecular formula is C9H14N4O. The molecule has 5 nitrogen and oxygen atoms in total. The first kappa shape index (κ1) is 9.18. The molecule has 2 amide bonds. The largest absolute Gasteiger partial charge is 0.330 e. The van der Waals surface area contributed by atoms with E-state index in [4.69, 9.17) is 0 Å². The van der Waals surface area contributed by atoms with E-state index < -0.39 is 0 Å². The molecule has 0 bridgehead atoms. The number of hydrogen-bond acceptors (Lipinski definition) is 3. The van der Waals surface area contributed by atoms with Gasteiger partial charge in [-0.25, -0.2) is 4.79 Å². The van der Waals surface area contributed by atoms with Crippen molar-refractivity contribution in [1.29, 1.82) is 0 Å². The molecule has 0 N–H and O–H groups in total. The van der Waals surface area contributed by atoms with Gasteiger partial charge in [-0.05, 0) is 12.8 Å². The maximum Gasteiger partial charge on any atom is 0.330 e. The van der Waals surface area contributed by atoms with Gasteiger partial charge in [0.15, 0.2) is 0 Å². The van der Waals surface area contributed by atoms with Crippen LogP contribution in [0, 0.1) is 0 Å². The van der Waals surface area contributed by atoms with Crippen molar-refractivity contribution in [2.24, 2.45) is 9.98 Å². The first-order chi connectivity index (χ1) is 6.88. The Morgan fingerprint density at radius 1 is 1.00 bits per heavy atom. The van der Waals surface area contributed by atoms with Gasteiger partial charge in [0.1, 0.15) is 0 Å². The molecule has 0 saturated carbocycles. The van der Waals surface area contributed by atoms with E-state index in [1.165, 1.54) is 0 Å². The van der Waals surface area contributed by atoms with Gasteiger partial charge in [0.05, 0.1) is 12.7 Å². The smallest absolute Gasteiger partial charge is 0.285 e. The van der Waals surface area contributed by atoms with Crippen LogP contribution in [0.15, 0.2) is 9.98 Å². The van der Waals surface area contributed by atoms with Crippen LogP contribution in [0.1, 0.15) is 12.8 Å². The summed E-state index contributed by atoms with van der Waals surface area (Å²) in [6.07, 6.45) is 5.17. The van der Waals surface area contributed by atoms with Crippen LogP contribution >= 0.6 is 0 Å². The standard InChI is InChI=1S/C9H14N4O/c14-9(12-5-1-3-10-7-12)13-6-2-4-11-8-13/h7-8H,1-6H2. The molecular weight excluding hydrogens is 180 g/mol. The van der Waals surface area contributed by atoms with Crippen LogP contribution in [0.3, 0.4) is 0 Å². The second-order valence-corrected chi connectivity index (χ2v) is 3.42. The summed E-state index contributed by atoms with van der Waals surface area (Å²) in [5, 5.41) is 0. The number of carbonyl (C=O) groups excluding carboxylic acids is 1. The third-order valence-electron chi connectivity index (χ3n) is 2.31. The molecule has 0 aromatic heterocycles. The van der Waals surface area contributed by atoms with Crippen LogP contribution in [0.25, 0.3) is 0 Å². The summed E-state index contributed by atoms with van der Waals surface area (Å²) < 4.78 is 0. The van der Waals surface area contributed by atoms with Gasteiger partial charge in [-0.2, -0.15) is 0 Å². The van der Waals surface area contributed by atoms with E-state index in [2.05, 4.69) is 9.98 Å². The van der Waals surface area contributed by atoms with E-state index in [1.807, 2.05) is 0 Å². The predicted octanol–water partition coefficient (Wildman–Crippen LogP) is 0.574. The second-order valence-electron chi connectivity index (χ2n) is 3.42. The van der Waals surface area contributed by atoms with E-state index in [0.717, 1.165) is 39.0 Å². The Hall–Kier alpha value is -1.39. The maximum absolute atomic E-state index is 11.8. The van der Waals surface area contributed by atoms with Crippen LogP contribution in [0.4, 0.5) is 4.79 Å². The molecule has 2 rings (SSSR count). The number of carbonyl (C=O) groups is 1. The first-order valence-electron chi connectivity index (χ1n) is 4.95. The van der Waals surface area contributed by atoms with Gasteiger partial charge in [-0.15, -0.1) is 0 Å². The van der Waals surface area contributed by atoms with E-state index in [1.54, 1.807) is 22.5 Å². The molecule has 0 aromatic rings. The monoisotopic (exact) mass is 194 g/mol. The molecule has 76 valence electrons. The van der Waals surface area contributed by atoms with E-state index in [0.29, 0.717) is 0 Å². The predicted molar refractivity (Wildman–Crippen MR) is 54.8 cm³/mol. The maximum atomic E-state index is 11.8. The fraction of sp³-hybridized carbons (Fsp3) is 0.667. The molecule has 0 radical (unpaired) electrons. The molecule has 2 aliphatic heterocycles. The molecule has 2 aliphatic rings. The molecule has 0 unspecified atom stereocenters. The quantitative estimate of drug-likeness (QED) is 0.556. The summed E-state index contributed by atoms with van der Waals surface area (Å²) in [6, 6.07) is -0.00287. The number of amides is 2. The highest BCUT2D eigenvalue weighted by Gasteiger charge is 2.20. The lowest BCUT2D eigenvalue weighted by Gasteiger charge is -2.27. The van der Waals surface area contributed by atoms with Crippen molar-refractivity contribution in [3.63, 3.8) is 0 Å². The molecule has 14 heavy (non-hydrogen) atoms. The Kier molecular flexibility index (Phi) is 2.76. The van der Waals surface area contributed by atoms with Crippen LogP contribution in [-0.2, 0) is 0 Å². The third kappa shape index (κ3) is 1.92. The van der Waals surface area contributed by atoms with Crippen molar-refractivity contribution in [1.82, 2.24) is 9.80 Å². The molecule has 0 saturated heterocycles. The Balaban J connectivity index is 1.99. The fourth-order valence-electron chi connectivity index (χ4n) is 1.55. The number of hydrogen-bond donors (Lipinski definition) is 0. The fourth-order valence-corrected chi connectivity index (χ4v) is 1.55. The third-order valence-corrected chi connectivity index (χ3v) is 2.31. The van der Waals surface area contributed by atoms with Gasteiger partial charge in [0, 0.05) is 26.2 Å². The van der Waals surface area contributed by atoms with Crippen LogP contribution in [-0.4, -0.2) is 54.7 Å². The Labute approximate surface area is 83.1 Å². The van der Waals surface area contributed by atoms with Gasteiger partial charge >= 0.3 is 6.03 Å². The lowest BCUT2D eigenvalue weighted by molar-refractivity contribution is 0.198. The minimum Gasteiger partial charge on any atom is -0.285 e. The van der Waals surface area contributed by atoms with Gasteiger partial charge in [-0.3, -0.25) is 19.8 Å². The van der Waals surface area contributed by atoms with Gasteiger partial charge in [-0.1, -0.05) is 0 Å². The first-order valence-corrected chi connectivity index (χ1v) is 4.95. The van der Waals surface area contributed by atoms with Gasteiger partial charge in [0.25, 0.3) is 0 Å². The summed E-state index contributed by atoms with van der Waals surface area (Å²) in [5.41, 5.74) is 0. The Morgan fingerprint density at radius 2 is 1.50 bits per heavy atom. The zero-order valence-corrected chi connectivity index (χ0v) is 8.09. The number of rotatable bonds is 0. The minimum atomic E-state index is -0.00287.